The van der Waals surface area contributed by atoms with Crippen molar-refractivity contribution in [2.75, 3.05) is 26.2 Å². The van der Waals surface area contributed by atoms with Gasteiger partial charge >= 0.3 is 6.03 Å². The van der Waals surface area contributed by atoms with E-state index >= 15 is 0 Å². The first-order chi connectivity index (χ1) is 13.0. The highest BCUT2D eigenvalue weighted by molar-refractivity contribution is 6.34. The Morgan fingerprint density at radius 3 is 2.30 bits per heavy atom. The lowest BCUT2D eigenvalue weighted by Crippen LogP contribution is -2.54. The van der Waals surface area contributed by atoms with Crippen molar-refractivity contribution in [2.24, 2.45) is 0 Å². The van der Waals surface area contributed by atoms with Gasteiger partial charge in [0.2, 0.25) is 0 Å². The number of hydrogen-bond donors (Lipinski definition) is 1. The van der Waals surface area contributed by atoms with Crippen molar-refractivity contribution in [3.63, 3.8) is 0 Å². The minimum absolute atomic E-state index is 0.0617. The number of benzene rings is 1. The predicted octanol–water partition coefficient (Wildman–Crippen LogP) is 3.05. The van der Waals surface area contributed by atoms with E-state index in [0.717, 1.165) is 25.7 Å². The van der Waals surface area contributed by atoms with E-state index in [-0.39, 0.29) is 34.3 Å². The Morgan fingerprint density at radius 1 is 1.07 bits per heavy atom. The quantitative estimate of drug-likeness (QED) is 0.629. The Kier molecular flexibility index (Phi) is 6.15. The van der Waals surface area contributed by atoms with Crippen molar-refractivity contribution < 1.29 is 14.5 Å². The zero-order valence-corrected chi connectivity index (χ0v) is 15.8. The van der Waals surface area contributed by atoms with Crippen LogP contribution < -0.4 is 5.32 Å². The van der Waals surface area contributed by atoms with E-state index in [2.05, 4.69) is 5.32 Å². The fourth-order valence-electron chi connectivity index (χ4n) is 3.59. The molecule has 2 fully saturated rings. The summed E-state index contributed by atoms with van der Waals surface area (Å²) in [5.41, 5.74) is 0.0862. The average molecular weight is 395 g/mol. The number of hydrogen-bond acceptors (Lipinski definition) is 4. The molecule has 8 nitrogen and oxygen atoms in total. The van der Waals surface area contributed by atoms with Gasteiger partial charge in [-0.05, 0) is 18.9 Å². The Hall–Kier alpha value is -2.35. The van der Waals surface area contributed by atoms with Gasteiger partial charge in [-0.2, -0.15) is 0 Å². The Labute approximate surface area is 162 Å². The van der Waals surface area contributed by atoms with Gasteiger partial charge in [0, 0.05) is 44.4 Å². The van der Waals surface area contributed by atoms with Crippen LogP contribution in [0.15, 0.2) is 18.2 Å². The number of nitro benzene ring substituents is 1. The van der Waals surface area contributed by atoms with E-state index < -0.39 is 4.92 Å². The van der Waals surface area contributed by atoms with Crippen LogP contribution in [0.2, 0.25) is 5.02 Å². The number of nitro groups is 1. The number of carbonyl (C=O) groups excluding carboxylic acids is 2. The van der Waals surface area contributed by atoms with Crippen LogP contribution in [0.25, 0.3) is 0 Å². The monoisotopic (exact) mass is 394 g/mol. The van der Waals surface area contributed by atoms with Crippen LogP contribution in [-0.4, -0.2) is 58.9 Å². The van der Waals surface area contributed by atoms with Gasteiger partial charge in [-0.3, -0.25) is 14.9 Å². The van der Waals surface area contributed by atoms with Crippen molar-refractivity contribution in [2.45, 2.75) is 38.1 Å². The van der Waals surface area contributed by atoms with E-state index in [9.17, 15) is 19.7 Å². The molecule has 0 aromatic heterocycles. The molecular formula is C18H23ClN4O4. The number of carbonyl (C=O) groups is 2. The highest BCUT2D eigenvalue weighted by Gasteiger charge is 2.27. The van der Waals surface area contributed by atoms with Gasteiger partial charge in [0.15, 0.2) is 0 Å². The van der Waals surface area contributed by atoms with E-state index in [1.54, 1.807) is 9.80 Å². The minimum atomic E-state index is -0.552. The normalized spacial score (nSPS) is 18.3. The van der Waals surface area contributed by atoms with Gasteiger partial charge in [-0.15, -0.1) is 0 Å². The summed E-state index contributed by atoms with van der Waals surface area (Å²) in [6.45, 7) is 1.72. The first kappa shape index (κ1) is 19.4. The van der Waals surface area contributed by atoms with Crippen LogP contribution in [0.5, 0.6) is 0 Å². The van der Waals surface area contributed by atoms with Crippen LogP contribution in [0.3, 0.4) is 0 Å². The summed E-state index contributed by atoms with van der Waals surface area (Å²) in [6, 6.07) is 4.02. The third-order valence-electron chi connectivity index (χ3n) is 5.18. The Morgan fingerprint density at radius 2 is 1.70 bits per heavy atom. The lowest BCUT2D eigenvalue weighted by atomic mass is 9.96. The second kappa shape index (κ2) is 8.56. The molecule has 1 N–H and O–H groups in total. The van der Waals surface area contributed by atoms with Crippen LogP contribution in [0, 0.1) is 10.1 Å². The number of rotatable bonds is 3. The second-order valence-corrected chi connectivity index (χ2v) is 7.39. The molecule has 1 aliphatic carbocycles. The minimum Gasteiger partial charge on any atom is -0.335 e. The van der Waals surface area contributed by atoms with Gasteiger partial charge in [0.25, 0.3) is 11.6 Å². The number of urea groups is 1. The van der Waals surface area contributed by atoms with Crippen LogP contribution >= 0.6 is 11.6 Å². The van der Waals surface area contributed by atoms with E-state index in [1.165, 1.54) is 24.6 Å². The standard InChI is InChI=1S/C18H23ClN4O4/c19-16-12-14(23(26)27)6-7-15(16)17(24)21-8-10-22(11-9-21)18(25)20-13-4-2-1-3-5-13/h6-7,12-13H,1-5,8-11H2,(H,20,25). The lowest BCUT2D eigenvalue weighted by molar-refractivity contribution is -0.384. The van der Waals surface area contributed by atoms with Crippen molar-refractivity contribution in [1.82, 2.24) is 15.1 Å². The topological polar surface area (TPSA) is 95.8 Å². The zero-order valence-electron chi connectivity index (χ0n) is 15.0. The fraction of sp³-hybridized carbons (Fsp3) is 0.556. The fourth-order valence-corrected chi connectivity index (χ4v) is 3.84. The maximum absolute atomic E-state index is 12.6. The summed E-state index contributed by atoms with van der Waals surface area (Å²) in [6.07, 6.45) is 5.61. The molecule has 2 aliphatic rings. The molecule has 0 atom stereocenters. The highest BCUT2D eigenvalue weighted by atomic mass is 35.5. The smallest absolute Gasteiger partial charge is 0.317 e. The molecule has 1 aliphatic heterocycles. The molecule has 1 heterocycles. The van der Waals surface area contributed by atoms with Crippen molar-refractivity contribution in [1.29, 1.82) is 0 Å². The SMILES string of the molecule is O=C(NC1CCCCC1)N1CCN(C(=O)c2ccc([N+](=O)[O-])cc2Cl)CC1. The average Bonchev–Trinajstić information content (AvgIpc) is 2.68. The number of piperazine rings is 1. The van der Waals surface area contributed by atoms with Crippen LogP contribution in [-0.2, 0) is 0 Å². The third kappa shape index (κ3) is 4.68. The summed E-state index contributed by atoms with van der Waals surface area (Å²) in [5, 5.41) is 13.9. The van der Waals surface area contributed by atoms with Crippen molar-refractivity contribution in [3.05, 3.63) is 38.9 Å². The van der Waals surface area contributed by atoms with Crippen LogP contribution in [0.4, 0.5) is 10.5 Å². The largest absolute Gasteiger partial charge is 0.335 e. The first-order valence-corrected chi connectivity index (χ1v) is 9.62. The molecule has 9 heteroatoms. The van der Waals surface area contributed by atoms with Gasteiger partial charge in [-0.25, -0.2) is 4.79 Å². The summed E-state index contributed by atoms with van der Waals surface area (Å²) in [5.74, 6) is -0.276. The molecule has 1 aromatic carbocycles. The number of nitrogens with zero attached hydrogens (tertiary/aromatic N) is 3. The molecule has 1 saturated heterocycles. The summed E-state index contributed by atoms with van der Waals surface area (Å²) in [4.78, 5) is 38.6. The predicted molar refractivity (Wildman–Crippen MR) is 101 cm³/mol. The second-order valence-electron chi connectivity index (χ2n) is 6.98. The summed E-state index contributed by atoms with van der Waals surface area (Å²) < 4.78 is 0. The maximum Gasteiger partial charge on any atom is 0.317 e. The number of nitrogens with one attached hydrogen (secondary N) is 1. The van der Waals surface area contributed by atoms with Gasteiger partial charge in [-0.1, -0.05) is 30.9 Å². The third-order valence-corrected chi connectivity index (χ3v) is 5.49. The molecule has 27 heavy (non-hydrogen) atoms. The van der Waals surface area contributed by atoms with E-state index in [4.69, 9.17) is 11.6 Å². The van der Waals surface area contributed by atoms with Crippen molar-refractivity contribution in [3.8, 4) is 0 Å². The number of amides is 3. The molecule has 0 unspecified atom stereocenters. The Bertz CT molecular complexity index is 728. The molecule has 3 amide bonds. The molecule has 0 radical (unpaired) electrons. The molecule has 0 bridgehead atoms. The van der Waals surface area contributed by atoms with E-state index in [0.29, 0.717) is 26.2 Å². The lowest BCUT2D eigenvalue weighted by Gasteiger charge is -2.36. The maximum atomic E-state index is 12.6. The van der Waals surface area contributed by atoms with Crippen molar-refractivity contribution >= 4 is 29.2 Å². The molecule has 3 rings (SSSR count). The van der Waals surface area contributed by atoms with Gasteiger partial charge in [0.05, 0.1) is 15.5 Å². The molecule has 1 saturated carbocycles. The zero-order chi connectivity index (χ0) is 19.4. The van der Waals surface area contributed by atoms with Gasteiger partial charge < -0.3 is 15.1 Å². The Balaban J connectivity index is 1.54. The van der Waals surface area contributed by atoms with E-state index in [1.807, 2.05) is 0 Å². The number of non-ortho nitro benzene ring substituents is 1. The molecule has 0 spiro atoms. The molecular weight excluding hydrogens is 372 g/mol. The molecule has 1 aromatic rings. The van der Waals surface area contributed by atoms with Gasteiger partial charge in [0.1, 0.15) is 0 Å². The molecule has 146 valence electrons. The number of halogens is 1. The highest BCUT2D eigenvalue weighted by Crippen LogP contribution is 2.24. The first-order valence-electron chi connectivity index (χ1n) is 9.24. The van der Waals surface area contributed by atoms with Crippen LogP contribution in [0.1, 0.15) is 42.5 Å². The summed E-state index contributed by atoms with van der Waals surface area (Å²) in [7, 11) is 0. The summed E-state index contributed by atoms with van der Waals surface area (Å²) >= 11 is 6.05.